The van der Waals surface area contributed by atoms with Gasteiger partial charge in [0.15, 0.2) is 0 Å². The first-order valence-electron chi connectivity index (χ1n) is 9.76. The van der Waals surface area contributed by atoms with Gasteiger partial charge in [0.05, 0.1) is 12.8 Å². The Bertz CT molecular complexity index is 1300. The maximum Gasteiger partial charge on any atom is 0.335 e. The second-order valence-corrected chi connectivity index (χ2v) is 10.4. The number of anilines is 1. The molecule has 0 atom stereocenters. The van der Waals surface area contributed by atoms with Crippen molar-refractivity contribution in [2.75, 3.05) is 4.90 Å². The van der Waals surface area contributed by atoms with E-state index in [0.29, 0.717) is 17.9 Å². The van der Waals surface area contributed by atoms with Crippen molar-refractivity contribution in [3.63, 3.8) is 0 Å². The van der Waals surface area contributed by atoms with E-state index in [4.69, 9.17) is 4.74 Å². The van der Waals surface area contributed by atoms with Crippen LogP contribution in [-0.2, 0) is 16.2 Å². The van der Waals surface area contributed by atoms with Gasteiger partial charge in [-0.2, -0.15) is 0 Å². The minimum absolute atomic E-state index is 0.156. The lowest BCUT2D eigenvalue weighted by molar-refractivity contribution is -0.122. The number of halogens is 4. The Morgan fingerprint density at radius 2 is 1.59 bits per heavy atom. The molecule has 0 aliphatic carbocycles. The summed E-state index contributed by atoms with van der Waals surface area (Å²) in [5, 5.41) is 2.16. The molecule has 4 rings (SSSR count). The number of imide groups is 2. The van der Waals surface area contributed by atoms with Gasteiger partial charge in [0.25, 0.3) is 11.8 Å². The van der Waals surface area contributed by atoms with Crippen LogP contribution in [0.3, 0.4) is 0 Å². The summed E-state index contributed by atoms with van der Waals surface area (Å²) in [6, 6.07) is 15.3. The second kappa shape index (κ2) is 10.5. The Morgan fingerprint density at radius 1 is 0.971 bits per heavy atom. The summed E-state index contributed by atoms with van der Waals surface area (Å²) in [7, 11) is 0. The summed E-state index contributed by atoms with van der Waals surface area (Å²) in [5.41, 5.74) is 1.55. The SMILES string of the molecule is O=C1NC(=O)N(c2ccc(F)cc2)C(=O)/C1=C/c1cc(I)c(OCc2ccc(Br)cc2)c(I)c1. The first-order chi connectivity index (χ1) is 16.2. The van der Waals surface area contributed by atoms with Crippen LogP contribution in [0.25, 0.3) is 6.08 Å². The van der Waals surface area contributed by atoms with E-state index in [9.17, 15) is 18.8 Å². The van der Waals surface area contributed by atoms with Gasteiger partial charge in [-0.25, -0.2) is 14.1 Å². The zero-order valence-electron chi connectivity index (χ0n) is 17.2. The molecule has 34 heavy (non-hydrogen) atoms. The van der Waals surface area contributed by atoms with Crippen LogP contribution in [0.15, 0.2) is 70.7 Å². The maximum absolute atomic E-state index is 13.3. The first kappa shape index (κ1) is 24.8. The van der Waals surface area contributed by atoms with Crippen molar-refractivity contribution in [2.24, 2.45) is 0 Å². The highest BCUT2D eigenvalue weighted by Crippen LogP contribution is 2.31. The van der Waals surface area contributed by atoms with E-state index in [-0.39, 0.29) is 11.3 Å². The highest BCUT2D eigenvalue weighted by molar-refractivity contribution is 14.1. The third-order valence-corrected chi connectivity index (χ3v) is 6.95. The number of urea groups is 1. The topological polar surface area (TPSA) is 75.7 Å². The molecular formula is C24H14BrFI2N2O4. The summed E-state index contributed by atoms with van der Waals surface area (Å²) in [6.07, 6.45) is 1.42. The largest absolute Gasteiger partial charge is 0.487 e. The van der Waals surface area contributed by atoms with Crippen molar-refractivity contribution in [3.8, 4) is 5.75 Å². The normalized spacial score (nSPS) is 15.0. The van der Waals surface area contributed by atoms with Crippen LogP contribution < -0.4 is 15.0 Å². The number of benzene rings is 3. The van der Waals surface area contributed by atoms with E-state index in [1.807, 2.05) is 24.3 Å². The number of hydrogen-bond acceptors (Lipinski definition) is 4. The van der Waals surface area contributed by atoms with E-state index < -0.39 is 23.7 Å². The van der Waals surface area contributed by atoms with E-state index >= 15 is 0 Å². The van der Waals surface area contributed by atoms with Crippen LogP contribution >= 0.6 is 61.1 Å². The minimum Gasteiger partial charge on any atom is -0.487 e. The smallest absolute Gasteiger partial charge is 0.335 e. The Labute approximate surface area is 230 Å². The minimum atomic E-state index is -0.889. The number of nitrogens with zero attached hydrogens (tertiary/aromatic N) is 1. The predicted octanol–water partition coefficient (Wildman–Crippen LogP) is 6.04. The zero-order chi connectivity index (χ0) is 24.4. The lowest BCUT2D eigenvalue weighted by Gasteiger charge is -2.26. The quantitative estimate of drug-likeness (QED) is 0.196. The first-order valence-corrected chi connectivity index (χ1v) is 12.7. The van der Waals surface area contributed by atoms with Crippen LogP contribution in [0.1, 0.15) is 11.1 Å². The summed E-state index contributed by atoms with van der Waals surface area (Å²) in [6.45, 7) is 0.384. The van der Waals surface area contributed by atoms with Crippen LogP contribution in [0.5, 0.6) is 5.75 Å². The number of ether oxygens (including phenoxy) is 1. The Kier molecular flexibility index (Phi) is 7.67. The molecule has 1 aliphatic rings. The molecule has 3 aromatic carbocycles. The third kappa shape index (κ3) is 5.49. The van der Waals surface area contributed by atoms with Gasteiger partial charge in [-0.1, -0.05) is 28.1 Å². The molecule has 1 fully saturated rings. The molecule has 0 aromatic heterocycles. The lowest BCUT2D eigenvalue weighted by atomic mass is 10.1. The summed E-state index contributed by atoms with van der Waals surface area (Å²) < 4.78 is 21.8. The van der Waals surface area contributed by atoms with Crippen molar-refractivity contribution in [3.05, 3.63) is 94.8 Å². The fraction of sp³-hybridized carbons (Fsp3) is 0.0417. The van der Waals surface area contributed by atoms with Crippen molar-refractivity contribution in [1.29, 1.82) is 0 Å². The van der Waals surface area contributed by atoms with Crippen LogP contribution in [0.2, 0.25) is 0 Å². The highest BCUT2D eigenvalue weighted by atomic mass is 127. The molecule has 10 heteroatoms. The summed E-state index contributed by atoms with van der Waals surface area (Å²) >= 11 is 7.67. The van der Waals surface area contributed by atoms with Crippen LogP contribution in [-0.4, -0.2) is 17.8 Å². The molecule has 172 valence electrons. The Balaban J connectivity index is 1.60. The number of hydrogen-bond donors (Lipinski definition) is 1. The van der Waals surface area contributed by atoms with Gasteiger partial charge in [0.1, 0.15) is 23.7 Å². The van der Waals surface area contributed by atoms with Gasteiger partial charge in [0, 0.05) is 4.47 Å². The third-order valence-electron chi connectivity index (χ3n) is 4.81. The fourth-order valence-electron chi connectivity index (χ4n) is 3.19. The van der Waals surface area contributed by atoms with E-state index in [1.165, 1.54) is 18.2 Å². The highest BCUT2D eigenvalue weighted by Gasteiger charge is 2.36. The van der Waals surface area contributed by atoms with E-state index in [2.05, 4.69) is 66.4 Å². The molecule has 1 saturated heterocycles. The van der Waals surface area contributed by atoms with E-state index in [1.54, 1.807) is 12.1 Å². The van der Waals surface area contributed by atoms with Gasteiger partial charge >= 0.3 is 6.03 Å². The molecule has 1 heterocycles. The van der Waals surface area contributed by atoms with Gasteiger partial charge in [-0.3, -0.25) is 14.9 Å². The Hall–Kier alpha value is -2.32. The molecule has 3 aromatic rings. The summed E-state index contributed by atoms with van der Waals surface area (Å²) in [4.78, 5) is 38.5. The number of rotatable bonds is 5. The summed E-state index contributed by atoms with van der Waals surface area (Å²) in [5.74, 6) is -1.41. The number of nitrogens with one attached hydrogen (secondary N) is 1. The van der Waals surface area contributed by atoms with Gasteiger partial charge in [-0.05, 0) is 111 Å². The molecule has 1 aliphatic heterocycles. The Morgan fingerprint density at radius 3 is 2.21 bits per heavy atom. The molecule has 0 spiro atoms. The molecule has 0 saturated carbocycles. The number of amides is 4. The van der Waals surface area contributed by atoms with Crippen molar-refractivity contribution < 1.29 is 23.5 Å². The van der Waals surface area contributed by atoms with Gasteiger partial charge in [-0.15, -0.1) is 0 Å². The van der Waals surface area contributed by atoms with Gasteiger partial charge in [0.2, 0.25) is 0 Å². The number of barbiturate groups is 1. The number of carbonyl (C=O) groups is 3. The van der Waals surface area contributed by atoms with Crippen LogP contribution in [0, 0.1) is 13.0 Å². The fourth-order valence-corrected chi connectivity index (χ4v) is 5.58. The lowest BCUT2D eigenvalue weighted by Crippen LogP contribution is -2.54. The molecular weight excluding hydrogens is 733 g/mol. The molecule has 4 amide bonds. The average Bonchev–Trinajstić information content (AvgIpc) is 2.78. The van der Waals surface area contributed by atoms with E-state index in [0.717, 1.165) is 34.2 Å². The molecule has 6 nitrogen and oxygen atoms in total. The molecule has 0 radical (unpaired) electrons. The average molecular weight is 747 g/mol. The van der Waals surface area contributed by atoms with Crippen molar-refractivity contribution in [1.82, 2.24) is 5.32 Å². The van der Waals surface area contributed by atoms with Crippen LogP contribution in [0.4, 0.5) is 14.9 Å². The van der Waals surface area contributed by atoms with Crippen molar-refractivity contribution >= 4 is 90.7 Å². The monoisotopic (exact) mass is 746 g/mol. The second-order valence-electron chi connectivity index (χ2n) is 7.16. The maximum atomic E-state index is 13.3. The molecule has 1 N–H and O–H groups in total. The standard InChI is InChI=1S/C24H14BrFI2N2O4/c25-15-3-1-13(2-4-15)12-34-21-19(27)10-14(11-20(21)28)9-18-22(31)29-24(33)30(23(18)32)17-7-5-16(26)6-8-17/h1-11H,12H2,(H,29,31,33)/b18-9+. The number of carbonyl (C=O) groups excluding carboxylic acids is 3. The van der Waals surface area contributed by atoms with Crippen molar-refractivity contribution in [2.45, 2.75) is 6.61 Å². The predicted molar refractivity (Wildman–Crippen MR) is 146 cm³/mol. The zero-order valence-corrected chi connectivity index (χ0v) is 23.1. The van der Waals surface area contributed by atoms with Gasteiger partial charge < -0.3 is 4.74 Å². The molecule has 0 bridgehead atoms. The molecule has 0 unspecified atom stereocenters.